The molecule has 0 aliphatic carbocycles. The number of halogens is 2. The van der Waals surface area contributed by atoms with E-state index >= 15 is 0 Å². The average molecular weight is 296 g/mol. The van der Waals surface area contributed by atoms with Crippen LogP contribution in [-0.2, 0) is 13.1 Å². The largest absolute Gasteiger partial charge is 0.311 e. The summed E-state index contributed by atoms with van der Waals surface area (Å²) < 4.78 is 15.6. The van der Waals surface area contributed by atoms with Gasteiger partial charge in [-0.05, 0) is 30.7 Å². The summed E-state index contributed by atoms with van der Waals surface area (Å²) in [6.45, 7) is 6.31. The zero-order valence-electron chi connectivity index (χ0n) is 11.7. The number of benzene rings is 1. The van der Waals surface area contributed by atoms with Gasteiger partial charge in [0.15, 0.2) is 0 Å². The molecule has 2 aromatic rings. The van der Waals surface area contributed by atoms with E-state index in [-0.39, 0.29) is 5.82 Å². The van der Waals surface area contributed by atoms with Crippen molar-refractivity contribution in [2.75, 3.05) is 6.54 Å². The molecule has 0 aliphatic heterocycles. The smallest absolute Gasteiger partial charge is 0.129 e. The summed E-state index contributed by atoms with van der Waals surface area (Å²) in [6, 6.07) is 6.65. The second kappa shape index (κ2) is 6.86. The molecule has 0 fully saturated rings. The minimum Gasteiger partial charge on any atom is -0.311 e. The van der Waals surface area contributed by atoms with Gasteiger partial charge in [-0.1, -0.05) is 31.5 Å². The second-order valence-corrected chi connectivity index (χ2v) is 5.61. The Bertz CT molecular complexity index is 546. The van der Waals surface area contributed by atoms with E-state index in [0.29, 0.717) is 29.6 Å². The maximum absolute atomic E-state index is 13.8. The normalized spacial score (nSPS) is 11.2. The Morgan fingerprint density at radius 3 is 2.85 bits per heavy atom. The molecule has 3 nitrogen and oxygen atoms in total. The van der Waals surface area contributed by atoms with Gasteiger partial charge < -0.3 is 5.32 Å². The molecule has 0 saturated heterocycles. The van der Waals surface area contributed by atoms with E-state index in [1.165, 1.54) is 6.07 Å². The predicted octanol–water partition coefficient (Wildman–Crippen LogP) is 3.47. The molecule has 0 bridgehead atoms. The van der Waals surface area contributed by atoms with Gasteiger partial charge in [0, 0.05) is 23.3 Å². The predicted molar refractivity (Wildman–Crippen MR) is 79.3 cm³/mol. The highest BCUT2D eigenvalue weighted by molar-refractivity contribution is 6.31. The van der Waals surface area contributed by atoms with E-state index in [9.17, 15) is 4.39 Å². The molecule has 0 amide bonds. The van der Waals surface area contributed by atoms with Crippen LogP contribution in [0.4, 0.5) is 4.39 Å². The fraction of sp³-hybridized carbons (Fsp3) is 0.400. The van der Waals surface area contributed by atoms with Crippen LogP contribution >= 0.6 is 11.6 Å². The van der Waals surface area contributed by atoms with Crippen LogP contribution in [-0.4, -0.2) is 16.3 Å². The minimum atomic E-state index is -0.297. The SMILES string of the molecule is CC(C)CNCc1ccnn1Cc1c(F)cccc1Cl. The summed E-state index contributed by atoms with van der Waals surface area (Å²) in [5, 5.41) is 8.03. The highest BCUT2D eigenvalue weighted by Crippen LogP contribution is 2.20. The van der Waals surface area contributed by atoms with Gasteiger partial charge in [0.2, 0.25) is 0 Å². The molecule has 0 unspecified atom stereocenters. The Labute approximate surface area is 123 Å². The van der Waals surface area contributed by atoms with Crippen LogP contribution in [0.2, 0.25) is 5.02 Å². The topological polar surface area (TPSA) is 29.9 Å². The molecule has 5 heteroatoms. The molecule has 0 atom stereocenters. The van der Waals surface area contributed by atoms with E-state index in [2.05, 4.69) is 24.3 Å². The zero-order chi connectivity index (χ0) is 14.5. The van der Waals surface area contributed by atoms with Gasteiger partial charge in [0.1, 0.15) is 5.82 Å². The van der Waals surface area contributed by atoms with Gasteiger partial charge in [0.25, 0.3) is 0 Å². The third kappa shape index (κ3) is 3.81. The lowest BCUT2D eigenvalue weighted by atomic mass is 10.2. The van der Waals surface area contributed by atoms with Crippen LogP contribution in [0, 0.1) is 11.7 Å². The Morgan fingerprint density at radius 1 is 1.35 bits per heavy atom. The average Bonchev–Trinajstić information content (AvgIpc) is 2.81. The lowest BCUT2D eigenvalue weighted by molar-refractivity contribution is 0.524. The molecule has 1 N–H and O–H groups in total. The number of hydrogen-bond acceptors (Lipinski definition) is 2. The van der Waals surface area contributed by atoms with E-state index in [1.54, 1.807) is 23.0 Å². The van der Waals surface area contributed by atoms with E-state index < -0.39 is 0 Å². The first-order chi connectivity index (χ1) is 9.58. The summed E-state index contributed by atoms with van der Waals surface area (Å²) in [4.78, 5) is 0. The van der Waals surface area contributed by atoms with E-state index in [0.717, 1.165) is 12.2 Å². The maximum atomic E-state index is 13.8. The van der Waals surface area contributed by atoms with Crippen molar-refractivity contribution >= 4 is 11.6 Å². The first kappa shape index (κ1) is 15.0. The Morgan fingerprint density at radius 2 is 2.15 bits per heavy atom. The second-order valence-electron chi connectivity index (χ2n) is 5.21. The molecule has 0 spiro atoms. The van der Waals surface area contributed by atoms with Gasteiger partial charge in [-0.2, -0.15) is 5.10 Å². The summed E-state index contributed by atoms with van der Waals surface area (Å²) in [5.74, 6) is 0.293. The molecule has 2 rings (SSSR count). The molecule has 1 heterocycles. The fourth-order valence-electron chi connectivity index (χ4n) is 1.97. The van der Waals surface area contributed by atoms with Crippen LogP contribution in [0.25, 0.3) is 0 Å². The maximum Gasteiger partial charge on any atom is 0.129 e. The molecule has 0 radical (unpaired) electrons. The first-order valence-corrected chi connectivity index (χ1v) is 7.10. The lowest BCUT2D eigenvalue weighted by Crippen LogP contribution is -2.21. The van der Waals surface area contributed by atoms with Crippen LogP contribution < -0.4 is 5.32 Å². The van der Waals surface area contributed by atoms with E-state index in [1.807, 2.05) is 6.07 Å². The summed E-state index contributed by atoms with van der Waals surface area (Å²) in [6.07, 6.45) is 1.72. The van der Waals surface area contributed by atoms with Gasteiger partial charge in [-0.15, -0.1) is 0 Å². The molecule has 1 aromatic carbocycles. The van der Waals surface area contributed by atoms with Crippen molar-refractivity contribution in [3.05, 3.63) is 52.6 Å². The Kier molecular flexibility index (Phi) is 5.15. The lowest BCUT2D eigenvalue weighted by Gasteiger charge is -2.11. The first-order valence-electron chi connectivity index (χ1n) is 6.72. The molecule has 20 heavy (non-hydrogen) atoms. The fourth-order valence-corrected chi connectivity index (χ4v) is 2.20. The molecular formula is C15H19ClFN3. The van der Waals surface area contributed by atoms with Crippen molar-refractivity contribution in [2.45, 2.75) is 26.9 Å². The van der Waals surface area contributed by atoms with Crippen molar-refractivity contribution in [2.24, 2.45) is 5.92 Å². The van der Waals surface area contributed by atoms with Gasteiger partial charge in [0.05, 0.1) is 12.2 Å². The number of aromatic nitrogens is 2. The molecule has 108 valence electrons. The summed E-state index contributed by atoms with van der Waals surface area (Å²) in [5.41, 5.74) is 1.49. The van der Waals surface area contributed by atoms with Crippen molar-refractivity contribution in [3.8, 4) is 0 Å². The number of rotatable bonds is 6. The van der Waals surface area contributed by atoms with Crippen LogP contribution in [0.1, 0.15) is 25.1 Å². The van der Waals surface area contributed by atoms with Crippen molar-refractivity contribution in [3.63, 3.8) is 0 Å². The van der Waals surface area contributed by atoms with Crippen molar-refractivity contribution in [1.29, 1.82) is 0 Å². The third-order valence-corrected chi connectivity index (χ3v) is 3.39. The van der Waals surface area contributed by atoms with Crippen molar-refractivity contribution in [1.82, 2.24) is 15.1 Å². The number of nitrogens with one attached hydrogen (secondary N) is 1. The van der Waals surface area contributed by atoms with Gasteiger partial charge in [-0.3, -0.25) is 4.68 Å². The molecule has 0 saturated carbocycles. The molecule has 1 aromatic heterocycles. The van der Waals surface area contributed by atoms with E-state index in [4.69, 9.17) is 11.6 Å². The third-order valence-electron chi connectivity index (χ3n) is 3.03. The number of nitrogens with zero attached hydrogens (tertiary/aromatic N) is 2. The standard InChI is InChI=1S/C15H19ClFN3/c1-11(2)8-18-9-12-6-7-19-20(12)10-13-14(16)4-3-5-15(13)17/h3-7,11,18H,8-10H2,1-2H3. The molecule has 0 aliphatic rings. The molecular weight excluding hydrogens is 277 g/mol. The van der Waals surface area contributed by atoms with Crippen molar-refractivity contribution < 1.29 is 4.39 Å². The van der Waals surface area contributed by atoms with Gasteiger partial charge >= 0.3 is 0 Å². The van der Waals surface area contributed by atoms with Crippen LogP contribution in [0.5, 0.6) is 0 Å². The van der Waals surface area contributed by atoms with Crippen LogP contribution in [0.15, 0.2) is 30.5 Å². The highest BCUT2D eigenvalue weighted by Gasteiger charge is 2.10. The monoisotopic (exact) mass is 295 g/mol. The Hall–Kier alpha value is -1.39. The minimum absolute atomic E-state index is 0.297. The number of hydrogen-bond donors (Lipinski definition) is 1. The van der Waals surface area contributed by atoms with Crippen LogP contribution in [0.3, 0.4) is 0 Å². The summed E-state index contributed by atoms with van der Waals surface area (Å²) in [7, 11) is 0. The summed E-state index contributed by atoms with van der Waals surface area (Å²) >= 11 is 6.05. The van der Waals surface area contributed by atoms with Gasteiger partial charge in [-0.25, -0.2) is 4.39 Å². The highest BCUT2D eigenvalue weighted by atomic mass is 35.5. The zero-order valence-corrected chi connectivity index (χ0v) is 12.5. The quantitative estimate of drug-likeness (QED) is 0.884. The Balaban J connectivity index is 2.09.